The molecule has 2 aliphatic rings. The fourth-order valence-electron chi connectivity index (χ4n) is 5.28. The van der Waals surface area contributed by atoms with Crippen molar-refractivity contribution in [1.29, 1.82) is 0 Å². The van der Waals surface area contributed by atoms with Crippen LogP contribution in [0.15, 0.2) is 41.3 Å². The Kier molecular flexibility index (Phi) is 8.40. The topological polar surface area (TPSA) is 76.2 Å². The van der Waals surface area contributed by atoms with Crippen molar-refractivity contribution < 1.29 is 23.3 Å². The molecule has 0 aliphatic carbocycles. The molecular formula is C30H42N2O5S. The summed E-state index contributed by atoms with van der Waals surface area (Å²) < 4.78 is 24.8. The molecule has 0 bridgehead atoms. The highest BCUT2D eigenvalue weighted by Crippen LogP contribution is 2.37. The van der Waals surface area contributed by atoms with E-state index in [1.54, 1.807) is 9.80 Å². The number of ether oxygens (including phenoxy) is 2. The number of fused-ring (bicyclic) bond motifs is 1. The first-order valence-corrected chi connectivity index (χ1v) is 14.9. The third kappa shape index (κ3) is 6.87. The van der Waals surface area contributed by atoms with Crippen LogP contribution in [-0.4, -0.2) is 68.8 Å². The lowest BCUT2D eigenvalue weighted by atomic mass is 9.86. The van der Waals surface area contributed by atoms with E-state index in [9.17, 15) is 13.8 Å². The summed E-state index contributed by atoms with van der Waals surface area (Å²) in [5, 5.41) is 2.17. The maximum Gasteiger partial charge on any atom is 0.410 e. The van der Waals surface area contributed by atoms with Gasteiger partial charge in [-0.3, -0.25) is 4.21 Å². The fourth-order valence-corrected chi connectivity index (χ4v) is 6.88. The zero-order chi connectivity index (χ0) is 27.7. The van der Waals surface area contributed by atoms with Crippen LogP contribution in [0.3, 0.4) is 0 Å². The molecule has 2 aromatic rings. The van der Waals surface area contributed by atoms with Crippen LogP contribution in [0.25, 0.3) is 10.8 Å². The van der Waals surface area contributed by atoms with E-state index < -0.39 is 22.0 Å². The minimum Gasteiger partial charge on any atom is -0.444 e. The molecule has 208 valence electrons. The lowest BCUT2D eigenvalue weighted by molar-refractivity contribution is 0.0199. The Morgan fingerprint density at radius 1 is 0.737 bits per heavy atom. The summed E-state index contributed by atoms with van der Waals surface area (Å²) in [4.78, 5) is 29.3. The minimum atomic E-state index is -1.17. The molecule has 0 saturated carbocycles. The smallest absolute Gasteiger partial charge is 0.410 e. The number of likely N-dealkylation sites (tertiary alicyclic amines) is 2. The quantitative estimate of drug-likeness (QED) is 0.445. The summed E-state index contributed by atoms with van der Waals surface area (Å²) >= 11 is 0. The van der Waals surface area contributed by atoms with Gasteiger partial charge in [0.25, 0.3) is 0 Å². The van der Waals surface area contributed by atoms with Crippen LogP contribution in [0.2, 0.25) is 0 Å². The summed E-state index contributed by atoms with van der Waals surface area (Å²) in [5.74, 6) is 0.332. The van der Waals surface area contributed by atoms with Crippen LogP contribution < -0.4 is 0 Å². The number of carbonyl (C=O) groups is 2. The van der Waals surface area contributed by atoms with Crippen molar-refractivity contribution in [2.75, 3.05) is 26.2 Å². The van der Waals surface area contributed by atoms with Gasteiger partial charge >= 0.3 is 12.2 Å². The molecule has 0 radical (unpaired) electrons. The molecule has 1 atom stereocenters. The van der Waals surface area contributed by atoms with Crippen molar-refractivity contribution in [2.24, 2.45) is 0 Å². The number of piperidine rings is 2. The second kappa shape index (κ2) is 11.2. The summed E-state index contributed by atoms with van der Waals surface area (Å²) in [7, 11) is -1.17. The zero-order valence-electron chi connectivity index (χ0n) is 23.6. The van der Waals surface area contributed by atoms with E-state index >= 15 is 0 Å². The van der Waals surface area contributed by atoms with E-state index in [0.717, 1.165) is 28.5 Å². The second-order valence-electron chi connectivity index (χ2n) is 12.4. The predicted molar refractivity (Wildman–Crippen MR) is 151 cm³/mol. The maximum atomic E-state index is 13.8. The van der Waals surface area contributed by atoms with Gasteiger partial charge in [-0.05, 0) is 95.5 Å². The number of amides is 2. The first kappa shape index (κ1) is 28.4. The number of rotatable bonds is 3. The number of hydrogen-bond acceptors (Lipinski definition) is 5. The Bertz CT molecular complexity index is 1180. The summed E-state index contributed by atoms with van der Waals surface area (Å²) in [6, 6.07) is 12.4. The van der Waals surface area contributed by atoms with Gasteiger partial charge < -0.3 is 19.3 Å². The van der Waals surface area contributed by atoms with Gasteiger partial charge in [0.05, 0.1) is 10.8 Å². The SMILES string of the molecule is CC(C)(C)OC(=O)N1CCC(c2ccc(S(=O)C3CCN(C(=O)OC(C)(C)C)CC3)c3ccccc23)CC1. The highest BCUT2D eigenvalue weighted by Gasteiger charge is 2.32. The molecule has 0 spiro atoms. The zero-order valence-corrected chi connectivity index (χ0v) is 24.4. The standard InChI is InChI=1S/C30H42N2O5S/c1-29(2,3)36-27(33)31-17-13-21(14-18-31)23-11-12-26(25-10-8-7-9-24(23)25)38(35)22-15-19-32(20-16-22)28(34)37-30(4,5)6/h7-12,21-22H,13-20H2,1-6H3. The Morgan fingerprint density at radius 3 is 1.71 bits per heavy atom. The monoisotopic (exact) mass is 542 g/mol. The largest absolute Gasteiger partial charge is 0.444 e. The molecule has 7 nitrogen and oxygen atoms in total. The minimum absolute atomic E-state index is 0.00000958. The van der Waals surface area contributed by atoms with Crippen LogP contribution >= 0.6 is 0 Å². The molecule has 2 saturated heterocycles. The first-order valence-electron chi connectivity index (χ1n) is 13.7. The van der Waals surface area contributed by atoms with Crippen molar-refractivity contribution in [1.82, 2.24) is 9.80 Å². The molecular weight excluding hydrogens is 500 g/mol. The molecule has 2 fully saturated rings. The summed E-state index contributed by atoms with van der Waals surface area (Å²) in [6.45, 7) is 13.7. The average molecular weight is 543 g/mol. The van der Waals surface area contributed by atoms with Crippen LogP contribution in [0.5, 0.6) is 0 Å². The van der Waals surface area contributed by atoms with Gasteiger partial charge in [0.1, 0.15) is 11.2 Å². The van der Waals surface area contributed by atoms with E-state index in [2.05, 4.69) is 18.2 Å². The number of carbonyl (C=O) groups excluding carboxylic acids is 2. The van der Waals surface area contributed by atoms with E-state index in [0.29, 0.717) is 44.9 Å². The van der Waals surface area contributed by atoms with E-state index in [4.69, 9.17) is 9.47 Å². The molecule has 2 amide bonds. The Labute approximate surface area is 229 Å². The highest BCUT2D eigenvalue weighted by atomic mass is 32.2. The summed E-state index contributed by atoms with van der Waals surface area (Å²) in [6.07, 6.45) is 2.57. The predicted octanol–water partition coefficient (Wildman–Crippen LogP) is 6.46. The Balaban J connectivity index is 1.45. The number of benzene rings is 2. The van der Waals surface area contributed by atoms with Crippen molar-refractivity contribution in [3.8, 4) is 0 Å². The van der Waals surface area contributed by atoms with Crippen molar-refractivity contribution >= 4 is 33.8 Å². The maximum absolute atomic E-state index is 13.8. The van der Waals surface area contributed by atoms with Gasteiger partial charge in [0.15, 0.2) is 0 Å². The molecule has 0 N–H and O–H groups in total. The Hall–Kier alpha value is -2.61. The average Bonchev–Trinajstić information content (AvgIpc) is 2.86. The van der Waals surface area contributed by atoms with Crippen LogP contribution in [0.4, 0.5) is 9.59 Å². The third-order valence-electron chi connectivity index (χ3n) is 7.12. The molecule has 1 unspecified atom stereocenters. The van der Waals surface area contributed by atoms with E-state index in [1.165, 1.54) is 5.56 Å². The lowest BCUT2D eigenvalue weighted by Gasteiger charge is -2.34. The third-order valence-corrected chi connectivity index (χ3v) is 8.98. The molecule has 8 heteroatoms. The number of nitrogens with zero attached hydrogens (tertiary/aromatic N) is 2. The normalized spacial score (nSPS) is 18.9. The summed E-state index contributed by atoms with van der Waals surface area (Å²) in [5.41, 5.74) is 0.232. The van der Waals surface area contributed by atoms with Gasteiger partial charge in [-0.15, -0.1) is 0 Å². The van der Waals surface area contributed by atoms with Crippen molar-refractivity contribution in [3.63, 3.8) is 0 Å². The van der Waals surface area contributed by atoms with Crippen molar-refractivity contribution in [3.05, 3.63) is 42.0 Å². The number of hydrogen-bond donors (Lipinski definition) is 0. The van der Waals surface area contributed by atoms with E-state index in [1.807, 2.05) is 59.7 Å². The molecule has 0 aromatic heterocycles. The second-order valence-corrected chi connectivity index (χ2v) is 14.1. The molecule has 2 aliphatic heterocycles. The van der Waals surface area contributed by atoms with Gasteiger partial charge in [-0.2, -0.15) is 0 Å². The first-order chi connectivity index (χ1) is 17.8. The van der Waals surface area contributed by atoms with Gasteiger partial charge in [-0.25, -0.2) is 9.59 Å². The molecule has 2 heterocycles. The van der Waals surface area contributed by atoms with E-state index in [-0.39, 0.29) is 17.4 Å². The van der Waals surface area contributed by atoms with Crippen LogP contribution in [0, 0.1) is 0 Å². The van der Waals surface area contributed by atoms with Gasteiger partial charge in [0.2, 0.25) is 0 Å². The molecule has 4 rings (SSSR count). The van der Waals surface area contributed by atoms with Crippen molar-refractivity contribution in [2.45, 2.75) is 94.5 Å². The highest BCUT2D eigenvalue weighted by molar-refractivity contribution is 7.86. The van der Waals surface area contributed by atoms with Crippen LogP contribution in [0.1, 0.15) is 78.7 Å². The van der Waals surface area contributed by atoms with Gasteiger partial charge in [0, 0.05) is 36.3 Å². The fraction of sp³-hybridized carbons (Fsp3) is 0.600. The Morgan fingerprint density at radius 2 is 1.21 bits per heavy atom. The van der Waals surface area contributed by atoms with Gasteiger partial charge in [-0.1, -0.05) is 30.3 Å². The molecule has 38 heavy (non-hydrogen) atoms. The molecule has 2 aromatic carbocycles. The lowest BCUT2D eigenvalue weighted by Crippen LogP contribution is -2.43. The van der Waals surface area contributed by atoms with Crippen LogP contribution in [-0.2, 0) is 20.3 Å².